The highest BCUT2D eigenvalue weighted by molar-refractivity contribution is 7.19. The maximum absolute atomic E-state index is 3.99. The Labute approximate surface area is 67.0 Å². The van der Waals surface area contributed by atoms with Crippen molar-refractivity contribution in [2.24, 2.45) is 0 Å². The van der Waals surface area contributed by atoms with Crippen molar-refractivity contribution in [1.82, 2.24) is 4.98 Å². The molecule has 0 N–H and O–H groups in total. The number of thiazole rings is 1. The van der Waals surface area contributed by atoms with Crippen molar-refractivity contribution >= 4 is 22.7 Å². The van der Waals surface area contributed by atoms with Crippen LogP contribution in [0.3, 0.4) is 0 Å². The predicted octanol–water partition coefficient (Wildman–Crippen LogP) is 2.67. The van der Waals surface area contributed by atoms with Gasteiger partial charge in [-0.15, -0.1) is 22.7 Å². The third-order valence-electron chi connectivity index (χ3n) is 1.15. The number of rotatable bonds is 1. The van der Waals surface area contributed by atoms with Crippen molar-refractivity contribution in [1.29, 1.82) is 0 Å². The normalized spacial score (nSPS) is 10.0. The van der Waals surface area contributed by atoms with Crippen molar-refractivity contribution in [3.8, 4) is 9.75 Å². The number of hydrogen-bond donors (Lipinski definition) is 0. The Morgan fingerprint density at radius 1 is 1.40 bits per heavy atom. The molecule has 0 aliphatic rings. The standard InChI is InChI=1S/C7H4NS2/c1-2-6(9-3-1)7-4-8-5-10-7/h1-2,4-5H. The summed E-state index contributed by atoms with van der Waals surface area (Å²) in [6, 6.07) is 3.98. The molecule has 0 aromatic carbocycles. The second-order valence-corrected chi connectivity index (χ2v) is 3.55. The van der Waals surface area contributed by atoms with E-state index in [4.69, 9.17) is 0 Å². The van der Waals surface area contributed by atoms with Gasteiger partial charge in [0, 0.05) is 16.5 Å². The van der Waals surface area contributed by atoms with Crippen molar-refractivity contribution in [2.75, 3.05) is 0 Å². The van der Waals surface area contributed by atoms with E-state index in [1.807, 2.05) is 17.8 Å². The predicted molar refractivity (Wildman–Crippen MR) is 44.3 cm³/mol. The van der Waals surface area contributed by atoms with E-state index in [2.05, 4.69) is 16.4 Å². The molecule has 2 heterocycles. The summed E-state index contributed by atoms with van der Waals surface area (Å²) in [6.07, 6.45) is 1.88. The molecule has 0 saturated heterocycles. The lowest BCUT2D eigenvalue weighted by Crippen LogP contribution is -1.57. The number of nitrogens with zero attached hydrogens (tertiary/aromatic N) is 1. The Bertz CT molecular complexity index is 251. The summed E-state index contributed by atoms with van der Waals surface area (Å²) < 4.78 is 0. The lowest BCUT2D eigenvalue weighted by molar-refractivity contribution is 1.43. The van der Waals surface area contributed by atoms with E-state index in [1.165, 1.54) is 9.75 Å². The Hall–Kier alpha value is -0.670. The van der Waals surface area contributed by atoms with E-state index < -0.39 is 0 Å². The van der Waals surface area contributed by atoms with E-state index in [0.29, 0.717) is 0 Å². The molecule has 2 aromatic heterocycles. The van der Waals surface area contributed by atoms with E-state index in [9.17, 15) is 0 Å². The van der Waals surface area contributed by atoms with E-state index in [0.717, 1.165) is 0 Å². The molecule has 0 atom stereocenters. The minimum absolute atomic E-state index is 1.23. The molecular weight excluding hydrogens is 162 g/mol. The first kappa shape index (κ1) is 6.07. The van der Waals surface area contributed by atoms with Gasteiger partial charge in [-0.2, -0.15) is 0 Å². The maximum atomic E-state index is 3.99. The summed E-state index contributed by atoms with van der Waals surface area (Å²) in [6.45, 7) is 0. The molecule has 3 heteroatoms. The average molecular weight is 166 g/mol. The molecule has 2 aromatic rings. The first-order chi connectivity index (χ1) is 4.97. The summed E-state index contributed by atoms with van der Waals surface area (Å²) in [5.74, 6) is 0. The van der Waals surface area contributed by atoms with Gasteiger partial charge >= 0.3 is 0 Å². The van der Waals surface area contributed by atoms with E-state index in [1.54, 1.807) is 22.7 Å². The van der Waals surface area contributed by atoms with Crippen LogP contribution in [0, 0.1) is 5.38 Å². The highest BCUT2D eigenvalue weighted by Crippen LogP contribution is 2.26. The van der Waals surface area contributed by atoms with Crippen LogP contribution in [0.15, 0.2) is 23.8 Å². The molecule has 0 saturated carbocycles. The third-order valence-corrected chi connectivity index (χ3v) is 2.91. The van der Waals surface area contributed by atoms with Crippen molar-refractivity contribution < 1.29 is 0 Å². The Kier molecular flexibility index (Phi) is 1.53. The van der Waals surface area contributed by atoms with Gasteiger partial charge in [-0.3, -0.25) is 4.98 Å². The molecule has 1 nitrogen and oxygen atoms in total. The molecule has 0 spiro atoms. The monoisotopic (exact) mass is 166 g/mol. The summed E-state index contributed by atoms with van der Waals surface area (Å²) in [5.41, 5.74) is 1.84. The zero-order valence-electron chi connectivity index (χ0n) is 5.07. The molecule has 0 unspecified atom stereocenters. The fourth-order valence-electron chi connectivity index (χ4n) is 0.711. The van der Waals surface area contributed by atoms with E-state index >= 15 is 0 Å². The molecule has 1 radical (unpaired) electrons. The van der Waals surface area contributed by atoms with Crippen LogP contribution in [0.5, 0.6) is 0 Å². The van der Waals surface area contributed by atoms with Gasteiger partial charge in [-0.1, -0.05) is 0 Å². The fraction of sp³-hybridized carbons (Fsp3) is 0. The first-order valence-corrected chi connectivity index (χ1v) is 4.51. The van der Waals surface area contributed by atoms with Crippen LogP contribution in [0.25, 0.3) is 9.75 Å². The largest absolute Gasteiger partial charge is 0.252 e. The lowest BCUT2D eigenvalue weighted by Gasteiger charge is -1.83. The van der Waals surface area contributed by atoms with Gasteiger partial charge < -0.3 is 0 Å². The topological polar surface area (TPSA) is 12.9 Å². The quantitative estimate of drug-likeness (QED) is 0.634. The van der Waals surface area contributed by atoms with Crippen LogP contribution in [0.1, 0.15) is 0 Å². The molecule has 0 aliphatic carbocycles. The average Bonchev–Trinajstić information content (AvgIpc) is 2.59. The zero-order valence-corrected chi connectivity index (χ0v) is 6.71. The second-order valence-electron chi connectivity index (χ2n) is 1.78. The van der Waals surface area contributed by atoms with Gasteiger partial charge in [-0.05, 0) is 12.1 Å². The van der Waals surface area contributed by atoms with Crippen LogP contribution in [-0.2, 0) is 0 Å². The van der Waals surface area contributed by atoms with Crippen LogP contribution >= 0.6 is 22.7 Å². The summed E-state index contributed by atoms with van der Waals surface area (Å²) in [5, 5.41) is 3.04. The van der Waals surface area contributed by atoms with Crippen LogP contribution in [-0.4, -0.2) is 4.98 Å². The SMILES string of the molecule is [c]1ccc(-c2cncs2)s1. The van der Waals surface area contributed by atoms with Gasteiger partial charge in [-0.25, -0.2) is 0 Å². The second kappa shape index (κ2) is 2.52. The maximum Gasteiger partial charge on any atom is 0.0798 e. The Balaban J connectivity index is 2.48. The zero-order chi connectivity index (χ0) is 6.81. The Morgan fingerprint density at radius 2 is 2.40 bits per heavy atom. The summed E-state index contributed by atoms with van der Waals surface area (Å²) in [7, 11) is 0. The summed E-state index contributed by atoms with van der Waals surface area (Å²) in [4.78, 5) is 6.47. The van der Waals surface area contributed by atoms with Crippen LogP contribution in [0.2, 0.25) is 0 Å². The first-order valence-electron chi connectivity index (χ1n) is 2.81. The minimum Gasteiger partial charge on any atom is -0.252 e. The van der Waals surface area contributed by atoms with Crippen molar-refractivity contribution in [3.05, 3.63) is 29.2 Å². The van der Waals surface area contributed by atoms with E-state index in [-0.39, 0.29) is 0 Å². The minimum atomic E-state index is 1.23. The number of aromatic nitrogens is 1. The molecule has 0 fully saturated rings. The molecular formula is C7H4NS2. The smallest absolute Gasteiger partial charge is 0.0798 e. The Morgan fingerprint density at radius 3 is 3.00 bits per heavy atom. The van der Waals surface area contributed by atoms with Gasteiger partial charge in [0.05, 0.1) is 10.4 Å². The highest BCUT2D eigenvalue weighted by atomic mass is 32.1. The third kappa shape index (κ3) is 0.978. The number of thiophene rings is 1. The lowest BCUT2D eigenvalue weighted by atomic mass is 10.4. The molecule has 0 aliphatic heterocycles. The molecule has 0 amide bonds. The van der Waals surface area contributed by atoms with Gasteiger partial charge in [0.15, 0.2) is 0 Å². The van der Waals surface area contributed by atoms with Crippen molar-refractivity contribution in [2.45, 2.75) is 0 Å². The van der Waals surface area contributed by atoms with Gasteiger partial charge in [0.2, 0.25) is 0 Å². The van der Waals surface area contributed by atoms with Crippen LogP contribution in [0.4, 0.5) is 0 Å². The molecule has 49 valence electrons. The summed E-state index contributed by atoms with van der Waals surface area (Å²) >= 11 is 3.29. The molecule has 2 rings (SSSR count). The molecule has 0 bridgehead atoms. The highest BCUT2D eigenvalue weighted by Gasteiger charge is 1.97. The van der Waals surface area contributed by atoms with Crippen molar-refractivity contribution in [3.63, 3.8) is 0 Å². The number of hydrogen-bond acceptors (Lipinski definition) is 3. The van der Waals surface area contributed by atoms with Crippen LogP contribution < -0.4 is 0 Å². The van der Waals surface area contributed by atoms with Gasteiger partial charge in [0.25, 0.3) is 0 Å². The fourth-order valence-corrected chi connectivity index (χ4v) is 2.07. The molecule has 10 heavy (non-hydrogen) atoms. The van der Waals surface area contributed by atoms with Gasteiger partial charge in [0.1, 0.15) is 0 Å².